The van der Waals surface area contributed by atoms with Crippen LogP contribution in [0, 0.1) is 6.92 Å². The van der Waals surface area contributed by atoms with E-state index in [-0.39, 0.29) is 22.8 Å². The van der Waals surface area contributed by atoms with Gasteiger partial charge in [0.15, 0.2) is 0 Å². The molecule has 0 aromatic heterocycles. The molecule has 1 aliphatic rings. The van der Waals surface area contributed by atoms with Crippen molar-refractivity contribution < 1.29 is 13.2 Å². The van der Waals surface area contributed by atoms with Gasteiger partial charge in [-0.25, -0.2) is 13.1 Å². The Balaban J connectivity index is 1.86. The Bertz CT molecular complexity index is 932. The van der Waals surface area contributed by atoms with Gasteiger partial charge >= 0.3 is 0 Å². The fraction of sp³-hybridized carbons (Fsp3) is 0.350. The summed E-state index contributed by atoms with van der Waals surface area (Å²) in [6.07, 6.45) is 1.73. The number of anilines is 1. The van der Waals surface area contributed by atoms with Gasteiger partial charge in [-0.3, -0.25) is 4.79 Å². The molecule has 26 heavy (non-hydrogen) atoms. The Morgan fingerprint density at radius 1 is 1.12 bits per heavy atom. The number of aryl methyl sites for hydroxylation is 1. The highest BCUT2D eigenvalue weighted by Crippen LogP contribution is 2.28. The van der Waals surface area contributed by atoms with Gasteiger partial charge in [0.1, 0.15) is 0 Å². The van der Waals surface area contributed by atoms with Gasteiger partial charge in [0.2, 0.25) is 10.0 Å². The molecule has 3 rings (SSSR count). The van der Waals surface area contributed by atoms with Crippen molar-refractivity contribution in [3.8, 4) is 0 Å². The summed E-state index contributed by atoms with van der Waals surface area (Å²) in [4.78, 5) is 12.8. The number of para-hydroxylation sites is 1. The summed E-state index contributed by atoms with van der Waals surface area (Å²) in [5, 5.41) is 2.95. The first-order valence-corrected chi connectivity index (χ1v) is 10.3. The number of benzene rings is 2. The van der Waals surface area contributed by atoms with Gasteiger partial charge in [-0.2, -0.15) is 0 Å². The van der Waals surface area contributed by atoms with Gasteiger partial charge < -0.3 is 5.32 Å². The van der Waals surface area contributed by atoms with E-state index in [0.29, 0.717) is 5.56 Å². The summed E-state index contributed by atoms with van der Waals surface area (Å²) >= 11 is 0. The van der Waals surface area contributed by atoms with Gasteiger partial charge in [-0.1, -0.05) is 38.1 Å². The standard InChI is InChI=1S/C20H24N2O3S/c1-13(2)18-9-4-6-14(3)19(18)21-20(23)15-7-5-8-17(12-15)26(24,25)22-16-10-11-16/h4-9,12-13,16,22H,10-11H2,1-3H3,(H,21,23). The Morgan fingerprint density at radius 2 is 1.81 bits per heavy atom. The number of hydrogen-bond acceptors (Lipinski definition) is 3. The van der Waals surface area contributed by atoms with E-state index in [1.165, 1.54) is 12.1 Å². The number of rotatable bonds is 6. The molecule has 1 saturated carbocycles. The molecule has 1 fully saturated rings. The Hall–Kier alpha value is -2.18. The second-order valence-electron chi connectivity index (χ2n) is 7.07. The molecule has 138 valence electrons. The third kappa shape index (κ3) is 4.14. The first-order chi connectivity index (χ1) is 12.3. The van der Waals surface area contributed by atoms with Crippen LogP contribution in [-0.4, -0.2) is 20.4 Å². The van der Waals surface area contributed by atoms with Crippen molar-refractivity contribution >= 4 is 21.6 Å². The van der Waals surface area contributed by atoms with Gasteiger partial charge in [0.05, 0.1) is 4.90 Å². The normalized spacial score (nSPS) is 14.5. The summed E-state index contributed by atoms with van der Waals surface area (Å²) in [7, 11) is -3.59. The van der Waals surface area contributed by atoms with E-state index >= 15 is 0 Å². The highest BCUT2D eigenvalue weighted by Gasteiger charge is 2.28. The summed E-state index contributed by atoms with van der Waals surface area (Å²) in [5.41, 5.74) is 3.14. The van der Waals surface area contributed by atoms with Crippen LogP contribution in [0.5, 0.6) is 0 Å². The smallest absolute Gasteiger partial charge is 0.255 e. The zero-order valence-corrected chi connectivity index (χ0v) is 16.1. The lowest BCUT2D eigenvalue weighted by molar-refractivity contribution is 0.102. The van der Waals surface area contributed by atoms with Crippen molar-refractivity contribution in [1.29, 1.82) is 0 Å². The van der Waals surface area contributed by atoms with E-state index in [2.05, 4.69) is 23.9 Å². The van der Waals surface area contributed by atoms with Crippen LogP contribution < -0.4 is 10.0 Å². The predicted molar refractivity (Wildman–Crippen MR) is 103 cm³/mol. The molecule has 5 nitrogen and oxygen atoms in total. The lowest BCUT2D eigenvalue weighted by atomic mass is 9.98. The molecule has 0 radical (unpaired) electrons. The van der Waals surface area contributed by atoms with E-state index in [4.69, 9.17) is 0 Å². The van der Waals surface area contributed by atoms with Crippen LogP contribution >= 0.6 is 0 Å². The first kappa shape index (κ1) is 18.6. The second kappa shape index (κ2) is 7.21. The van der Waals surface area contributed by atoms with Gasteiger partial charge in [0, 0.05) is 17.3 Å². The maximum Gasteiger partial charge on any atom is 0.255 e. The summed E-state index contributed by atoms with van der Waals surface area (Å²) in [5.74, 6) is -0.0516. The minimum absolute atomic E-state index is 0.0260. The van der Waals surface area contributed by atoms with Crippen molar-refractivity contribution in [2.75, 3.05) is 5.32 Å². The zero-order valence-electron chi connectivity index (χ0n) is 15.2. The Kier molecular flexibility index (Phi) is 5.16. The van der Waals surface area contributed by atoms with E-state index in [1.54, 1.807) is 12.1 Å². The highest BCUT2D eigenvalue weighted by atomic mass is 32.2. The summed E-state index contributed by atoms with van der Waals surface area (Å²) < 4.78 is 27.4. The molecule has 0 aliphatic heterocycles. The molecule has 0 bridgehead atoms. The van der Waals surface area contributed by atoms with Crippen LogP contribution in [0.1, 0.15) is 54.1 Å². The number of nitrogens with one attached hydrogen (secondary N) is 2. The molecule has 0 saturated heterocycles. The molecule has 2 aromatic rings. The number of sulfonamides is 1. The van der Waals surface area contributed by atoms with Gasteiger partial charge in [-0.15, -0.1) is 0 Å². The molecule has 0 unspecified atom stereocenters. The second-order valence-corrected chi connectivity index (χ2v) is 8.79. The molecule has 0 heterocycles. The lowest BCUT2D eigenvalue weighted by Gasteiger charge is -2.16. The largest absolute Gasteiger partial charge is 0.321 e. The van der Waals surface area contributed by atoms with Crippen molar-refractivity contribution in [3.05, 3.63) is 59.2 Å². The molecule has 1 aliphatic carbocycles. The lowest BCUT2D eigenvalue weighted by Crippen LogP contribution is -2.26. The number of hydrogen-bond donors (Lipinski definition) is 2. The molecule has 0 atom stereocenters. The van der Waals surface area contributed by atoms with Crippen molar-refractivity contribution in [1.82, 2.24) is 4.72 Å². The Morgan fingerprint density at radius 3 is 2.46 bits per heavy atom. The van der Waals surface area contributed by atoms with E-state index < -0.39 is 10.0 Å². The van der Waals surface area contributed by atoms with Crippen LogP contribution in [0.4, 0.5) is 5.69 Å². The van der Waals surface area contributed by atoms with Crippen LogP contribution in [-0.2, 0) is 10.0 Å². The Labute approximate surface area is 154 Å². The third-order valence-corrected chi connectivity index (χ3v) is 5.99. The van der Waals surface area contributed by atoms with Crippen LogP contribution in [0.25, 0.3) is 0 Å². The quantitative estimate of drug-likeness (QED) is 0.810. The topological polar surface area (TPSA) is 75.3 Å². The predicted octanol–water partition coefficient (Wildman–Crippen LogP) is 3.81. The fourth-order valence-electron chi connectivity index (χ4n) is 2.82. The van der Waals surface area contributed by atoms with E-state index in [0.717, 1.165) is 29.7 Å². The SMILES string of the molecule is Cc1cccc(C(C)C)c1NC(=O)c1cccc(S(=O)(=O)NC2CC2)c1. The summed E-state index contributed by atoms with van der Waals surface area (Å²) in [6, 6.07) is 12.1. The molecule has 0 spiro atoms. The van der Waals surface area contributed by atoms with E-state index in [1.807, 2.05) is 25.1 Å². The third-order valence-electron chi connectivity index (χ3n) is 4.47. The minimum atomic E-state index is -3.59. The molecular weight excluding hydrogens is 348 g/mol. The maximum atomic E-state index is 12.7. The van der Waals surface area contributed by atoms with Crippen LogP contribution in [0.3, 0.4) is 0 Å². The molecular formula is C20H24N2O3S. The maximum absolute atomic E-state index is 12.7. The fourth-order valence-corrected chi connectivity index (χ4v) is 4.17. The average molecular weight is 372 g/mol. The van der Waals surface area contributed by atoms with Gasteiger partial charge in [-0.05, 0) is 55.0 Å². The average Bonchev–Trinajstić information content (AvgIpc) is 3.39. The monoisotopic (exact) mass is 372 g/mol. The minimum Gasteiger partial charge on any atom is -0.321 e. The van der Waals surface area contributed by atoms with Gasteiger partial charge in [0.25, 0.3) is 5.91 Å². The number of carbonyl (C=O) groups excluding carboxylic acids is 1. The summed E-state index contributed by atoms with van der Waals surface area (Å²) in [6.45, 7) is 6.09. The van der Waals surface area contributed by atoms with Crippen LogP contribution in [0.2, 0.25) is 0 Å². The molecule has 6 heteroatoms. The van der Waals surface area contributed by atoms with E-state index in [9.17, 15) is 13.2 Å². The van der Waals surface area contributed by atoms with Crippen molar-refractivity contribution in [3.63, 3.8) is 0 Å². The zero-order chi connectivity index (χ0) is 18.9. The number of carbonyl (C=O) groups is 1. The molecule has 2 aromatic carbocycles. The van der Waals surface area contributed by atoms with Crippen molar-refractivity contribution in [2.24, 2.45) is 0 Å². The number of amides is 1. The van der Waals surface area contributed by atoms with Crippen LogP contribution in [0.15, 0.2) is 47.4 Å². The molecule has 2 N–H and O–H groups in total. The highest BCUT2D eigenvalue weighted by molar-refractivity contribution is 7.89. The first-order valence-electron chi connectivity index (χ1n) is 8.81. The molecule has 1 amide bonds. The van der Waals surface area contributed by atoms with Crippen molar-refractivity contribution in [2.45, 2.75) is 50.5 Å².